The summed E-state index contributed by atoms with van der Waals surface area (Å²) in [5, 5.41) is 0. The van der Waals surface area contributed by atoms with Crippen LogP contribution >= 0.6 is 27.7 Å². The van der Waals surface area contributed by atoms with E-state index in [1.165, 1.54) is 17.7 Å². The normalized spacial score (nSPS) is 15.6. The molecule has 2 aromatic rings. The van der Waals surface area contributed by atoms with Crippen molar-refractivity contribution in [3.63, 3.8) is 0 Å². The van der Waals surface area contributed by atoms with E-state index in [0.29, 0.717) is 19.1 Å². The number of methoxy groups -OCH3 is 1. The van der Waals surface area contributed by atoms with Gasteiger partial charge in [0, 0.05) is 29.3 Å². The average molecular weight is 477 g/mol. The zero-order valence-electron chi connectivity index (χ0n) is 17.3. The molecule has 0 aliphatic carbocycles. The lowest BCUT2D eigenvalue weighted by molar-refractivity contribution is 0.165. The Morgan fingerprint density at radius 1 is 1.21 bits per heavy atom. The lowest BCUT2D eigenvalue weighted by atomic mass is 10.1. The number of unbranched alkanes of at least 4 members (excludes halogenated alkanes) is 1. The predicted octanol–water partition coefficient (Wildman–Crippen LogP) is 6.05. The number of halogens is 1. The molecule has 1 aromatic heterocycles. The van der Waals surface area contributed by atoms with E-state index in [1.54, 1.807) is 18.9 Å². The second-order valence-corrected chi connectivity index (χ2v) is 8.15. The van der Waals surface area contributed by atoms with E-state index < -0.39 is 0 Å². The van der Waals surface area contributed by atoms with E-state index in [0.717, 1.165) is 22.3 Å². The molecular formula is C23H29BrN2O2S. The van der Waals surface area contributed by atoms with Crippen molar-refractivity contribution >= 4 is 39.7 Å². The van der Waals surface area contributed by atoms with Gasteiger partial charge in [-0.25, -0.2) is 9.98 Å². The van der Waals surface area contributed by atoms with Crippen LogP contribution in [-0.4, -0.2) is 43.5 Å². The molecule has 1 aliphatic heterocycles. The minimum absolute atomic E-state index is 0.104. The van der Waals surface area contributed by atoms with Crippen LogP contribution in [0.2, 0.25) is 0 Å². The first-order chi connectivity index (χ1) is 14.2. The van der Waals surface area contributed by atoms with Crippen LogP contribution in [0.1, 0.15) is 31.0 Å². The number of pyridine rings is 1. The number of thioether (sulfide) groups is 1. The van der Waals surface area contributed by atoms with Crippen LogP contribution in [0.5, 0.6) is 0 Å². The number of hydrogen-bond acceptors (Lipinski definition) is 5. The number of aliphatic imine (C=N–C) groups is 1. The Labute approximate surface area is 187 Å². The fourth-order valence-corrected chi connectivity index (χ4v) is 3.55. The topological polar surface area (TPSA) is 43.7 Å². The van der Waals surface area contributed by atoms with Crippen molar-refractivity contribution in [3.8, 4) is 0 Å². The molecule has 0 fully saturated rings. The highest BCUT2D eigenvalue weighted by atomic mass is 79.9. The summed E-state index contributed by atoms with van der Waals surface area (Å²) in [7, 11) is 1.67. The first kappa shape index (κ1) is 23.6. The van der Waals surface area contributed by atoms with Crippen LogP contribution in [-0.2, 0) is 15.9 Å². The molecule has 1 aliphatic rings. The lowest BCUT2D eigenvalue weighted by Crippen LogP contribution is -2.12. The summed E-state index contributed by atoms with van der Waals surface area (Å²) in [6, 6.07) is 14.6. The summed E-state index contributed by atoms with van der Waals surface area (Å²) < 4.78 is 11.4. The Hall–Kier alpha value is -1.63. The van der Waals surface area contributed by atoms with Crippen LogP contribution in [0.25, 0.3) is 6.08 Å². The fraction of sp³-hybridized carbons (Fsp3) is 0.391. The minimum Gasteiger partial charge on any atom is -0.476 e. The minimum atomic E-state index is 0.104. The number of aromatic nitrogens is 1. The number of aryl methyl sites for hydroxylation is 1. The molecular weight excluding hydrogens is 448 g/mol. The summed E-state index contributed by atoms with van der Waals surface area (Å²) >= 11 is 5.29. The van der Waals surface area contributed by atoms with E-state index in [4.69, 9.17) is 9.47 Å². The molecule has 1 atom stereocenters. The van der Waals surface area contributed by atoms with Crippen molar-refractivity contribution in [3.05, 3.63) is 64.4 Å². The number of rotatable bonds is 8. The smallest absolute Gasteiger partial charge is 0.209 e. The molecule has 3 rings (SSSR count). The zero-order valence-corrected chi connectivity index (χ0v) is 19.7. The van der Waals surface area contributed by atoms with Gasteiger partial charge in [-0.15, -0.1) is 11.8 Å². The van der Waals surface area contributed by atoms with Crippen LogP contribution in [0.15, 0.2) is 63.0 Å². The highest BCUT2D eigenvalue weighted by Crippen LogP contribution is 2.18. The van der Waals surface area contributed by atoms with Gasteiger partial charge in [0.25, 0.3) is 0 Å². The van der Waals surface area contributed by atoms with Gasteiger partial charge in [-0.05, 0) is 59.3 Å². The maximum absolute atomic E-state index is 5.50. The third-order valence-electron chi connectivity index (χ3n) is 4.20. The molecule has 0 unspecified atom stereocenters. The molecule has 0 spiro atoms. The standard InChI is InChI=1S/C16H21BrN2O2.C7H8S/c1-3-4-5-13-8-6-12(16(17)19-13)7-9-15-18-14(10-20-2)11-21-15;1-8-7-5-3-2-4-6-7/h6-9,14H,3-5,10-11H2,1-2H3;2-6H,1H3/b9-7+;/t14-;/m0./s1. The second-order valence-electron chi connectivity index (χ2n) is 6.52. The molecule has 0 saturated heterocycles. The molecule has 0 amide bonds. The van der Waals surface area contributed by atoms with Crippen LogP contribution in [0.4, 0.5) is 0 Å². The third kappa shape index (κ3) is 8.72. The molecule has 4 nitrogen and oxygen atoms in total. The maximum Gasteiger partial charge on any atom is 0.209 e. The second kappa shape index (κ2) is 13.6. The van der Waals surface area contributed by atoms with Crippen LogP contribution in [0, 0.1) is 0 Å². The molecule has 0 N–H and O–H groups in total. The molecule has 29 heavy (non-hydrogen) atoms. The van der Waals surface area contributed by atoms with Gasteiger partial charge in [0.1, 0.15) is 17.3 Å². The van der Waals surface area contributed by atoms with Gasteiger partial charge < -0.3 is 9.47 Å². The molecule has 0 bridgehead atoms. The van der Waals surface area contributed by atoms with Crippen molar-refractivity contribution < 1.29 is 9.47 Å². The SMILES string of the molecule is CCCCc1ccc(/C=C/C2=N[C@@H](COC)CO2)c(Br)n1.CSc1ccccc1. The van der Waals surface area contributed by atoms with Gasteiger partial charge >= 0.3 is 0 Å². The van der Waals surface area contributed by atoms with E-state index in [2.05, 4.69) is 63.4 Å². The predicted molar refractivity (Wildman–Crippen MR) is 127 cm³/mol. The van der Waals surface area contributed by atoms with Crippen molar-refractivity contribution in [1.29, 1.82) is 0 Å². The van der Waals surface area contributed by atoms with Gasteiger partial charge in [-0.3, -0.25) is 0 Å². The van der Waals surface area contributed by atoms with Crippen LogP contribution in [0.3, 0.4) is 0 Å². The summed E-state index contributed by atoms with van der Waals surface area (Å²) in [4.78, 5) is 10.3. The highest BCUT2D eigenvalue weighted by Gasteiger charge is 2.16. The molecule has 6 heteroatoms. The fourth-order valence-electron chi connectivity index (χ4n) is 2.63. The van der Waals surface area contributed by atoms with E-state index in [-0.39, 0.29) is 6.04 Å². The number of ether oxygens (including phenoxy) is 2. The zero-order chi connectivity index (χ0) is 20.9. The number of benzene rings is 1. The van der Waals surface area contributed by atoms with Gasteiger partial charge in [0.2, 0.25) is 5.90 Å². The summed E-state index contributed by atoms with van der Waals surface area (Å²) in [5.74, 6) is 0.652. The van der Waals surface area contributed by atoms with Crippen molar-refractivity contribution in [2.24, 2.45) is 4.99 Å². The van der Waals surface area contributed by atoms with E-state index in [1.807, 2.05) is 30.4 Å². The maximum atomic E-state index is 5.50. The summed E-state index contributed by atoms with van der Waals surface area (Å²) in [6.07, 6.45) is 9.29. The van der Waals surface area contributed by atoms with Crippen LogP contribution < -0.4 is 0 Å². The first-order valence-electron chi connectivity index (χ1n) is 9.78. The lowest BCUT2D eigenvalue weighted by Gasteiger charge is -2.03. The average Bonchev–Trinajstić information content (AvgIpc) is 3.20. The Kier molecular flexibility index (Phi) is 11.1. The molecule has 1 aromatic carbocycles. The largest absolute Gasteiger partial charge is 0.476 e. The van der Waals surface area contributed by atoms with E-state index in [9.17, 15) is 0 Å². The molecule has 0 radical (unpaired) electrons. The highest BCUT2D eigenvalue weighted by molar-refractivity contribution is 9.10. The Morgan fingerprint density at radius 3 is 2.62 bits per heavy atom. The number of nitrogens with zero attached hydrogens (tertiary/aromatic N) is 2. The summed E-state index contributed by atoms with van der Waals surface area (Å²) in [6.45, 7) is 3.36. The molecule has 156 valence electrons. The van der Waals surface area contributed by atoms with E-state index >= 15 is 0 Å². The molecule has 0 saturated carbocycles. The van der Waals surface area contributed by atoms with Crippen molar-refractivity contribution in [2.75, 3.05) is 26.6 Å². The number of hydrogen-bond donors (Lipinski definition) is 0. The third-order valence-corrected chi connectivity index (χ3v) is 5.58. The summed E-state index contributed by atoms with van der Waals surface area (Å²) in [5.41, 5.74) is 2.15. The Bertz CT molecular complexity index is 797. The van der Waals surface area contributed by atoms with Gasteiger partial charge in [0.05, 0.1) is 6.61 Å². The van der Waals surface area contributed by atoms with Gasteiger partial charge in [-0.1, -0.05) is 37.6 Å². The van der Waals surface area contributed by atoms with Gasteiger partial charge in [0.15, 0.2) is 0 Å². The Balaban J connectivity index is 0.000000313. The van der Waals surface area contributed by atoms with Crippen molar-refractivity contribution in [2.45, 2.75) is 37.1 Å². The van der Waals surface area contributed by atoms with Crippen molar-refractivity contribution in [1.82, 2.24) is 4.98 Å². The first-order valence-corrected chi connectivity index (χ1v) is 11.8. The van der Waals surface area contributed by atoms with Gasteiger partial charge in [-0.2, -0.15) is 0 Å². The monoisotopic (exact) mass is 476 g/mol. The quantitative estimate of drug-likeness (QED) is 0.343. The Morgan fingerprint density at radius 2 is 2.00 bits per heavy atom. The molecule has 2 heterocycles.